The van der Waals surface area contributed by atoms with E-state index in [1.807, 2.05) is 0 Å². The predicted molar refractivity (Wildman–Crippen MR) is 112 cm³/mol. The Bertz CT molecular complexity index is 711. The molecular formula is C22H33BO2Si. The highest BCUT2D eigenvalue weighted by atomic mass is 28.3. The van der Waals surface area contributed by atoms with Crippen molar-refractivity contribution in [3.05, 3.63) is 47.7 Å². The molecule has 26 heavy (non-hydrogen) atoms. The van der Waals surface area contributed by atoms with E-state index in [2.05, 4.69) is 82.5 Å². The van der Waals surface area contributed by atoms with Crippen LogP contribution in [0, 0.1) is 16.7 Å². The van der Waals surface area contributed by atoms with Crippen molar-refractivity contribution in [3.8, 4) is 0 Å². The van der Waals surface area contributed by atoms with Gasteiger partial charge < -0.3 is 9.31 Å². The van der Waals surface area contributed by atoms with Gasteiger partial charge in [-0.3, -0.25) is 0 Å². The molecule has 2 bridgehead atoms. The predicted octanol–water partition coefficient (Wildman–Crippen LogP) is 5.68. The zero-order valence-corrected chi connectivity index (χ0v) is 18.2. The second kappa shape index (κ2) is 5.83. The molecule has 1 saturated heterocycles. The van der Waals surface area contributed by atoms with E-state index >= 15 is 0 Å². The first-order chi connectivity index (χ1) is 12.1. The van der Waals surface area contributed by atoms with Crippen LogP contribution >= 0.6 is 0 Å². The first-order valence-electron chi connectivity index (χ1n) is 10.2. The number of fused-ring (bicyclic) bond motifs is 5. The van der Waals surface area contributed by atoms with Gasteiger partial charge >= 0.3 is 7.12 Å². The summed E-state index contributed by atoms with van der Waals surface area (Å²) < 4.78 is 13.5. The summed E-state index contributed by atoms with van der Waals surface area (Å²) in [7, 11) is -1.31. The molecule has 1 aromatic carbocycles. The maximum Gasteiger partial charge on any atom is 0.461 e. The van der Waals surface area contributed by atoms with Gasteiger partial charge in [-0.2, -0.15) is 0 Å². The van der Waals surface area contributed by atoms with Crippen LogP contribution in [0.25, 0.3) is 0 Å². The lowest BCUT2D eigenvalue weighted by molar-refractivity contribution is -0.0804. The molecule has 3 aliphatic rings. The summed E-state index contributed by atoms with van der Waals surface area (Å²) in [6, 6.07) is 10.9. The molecule has 2 aliphatic carbocycles. The third kappa shape index (κ3) is 2.38. The number of rotatable bonds is 4. The Morgan fingerprint density at radius 1 is 1.15 bits per heavy atom. The molecule has 140 valence electrons. The maximum absolute atomic E-state index is 6.89. The van der Waals surface area contributed by atoms with Crippen molar-refractivity contribution in [2.75, 3.05) is 0 Å². The Morgan fingerprint density at radius 3 is 2.50 bits per heavy atom. The maximum atomic E-state index is 6.89. The summed E-state index contributed by atoms with van der Waals surface area (Å²) in [5.41, 5.74) is 3.74. The lowest BCUT2D eigenvalue weighted by Gasteiger charge is -2.48. The van der Waals surface area contributed by atoms with Gasteiger partial charge in [0.15, 0.2) is 0 Å². The lowest BCUT2D eigenvalue weighted by Crippen LogP contribution is -2.50. The minimum atomic E-state index is -1.18. The molecule has 4 rings (SSSR count). The largest absolute Gasteiger partial charge is 0.461 e. The van der Waals surface area contributed by atoms with Crippen molar-refractivity contribution in [1.29, 1.82) is 0 Å². The molecule has 4 heteroatoms. The minimum absolute atomic E-state index is 0.105. The normalized spacial score (nSPS) is 38.3. The van der Waals surface area contributed by atoms with Gasteiger partial charge in [0, 0.05) is 5.41 Å². The lowest BCUT2D eigenvalue weighted by atomic mass is 9.61. The summed E-state index contributed by atoms with van der Waals surface area (Å²) in [6.45, 7) is 14.4. The average molecular weight is 368 g/mol. The SMILES string of the molecule is CC1(C)[C@@H]2CC[C@@]1(C)[C@]1(c3ccccc3)OB(C/C=C\[Si](C)(C)C)O[C@H]21. The van der Waals surface area contributed by atoms with E-state index in [1.165, 1.54) is 18.4 Å². The minimum Gasteiger partial charge on any atom is -0.404 e. The summed E-state index contributed by atoms with van der Waals surface area (Å²) in [5, 5.41) is 0. The zero-order chi connectivity index (χ0) is 18.8. The van der Waals surface area contributed by atoms with E-state index in [0.29, 0.717) is 5.92 Å². The molecular weight excluding hydrogens is 335 g/mol. The Kier molecular flexibility index (Phi) is 4.15. The van der Waals surface area contributed by atoms with Crippen LogP contribution < -0.4 is 0 Å². The number of hydrogen-bond acceptors (Lipinski definition) is 2. The highest BCUT2D eigenvalue weighted by Gasteiger charge is 2.78. The van der Waals surface area contributed by atoms with Crippen molar-refractivity contribution >= 4 is 15.2 Å². The Morgan fingerprint density at radius 2 is 1.85 bits per heavy atom. The van der Waals surface area contributed by atoms with Gasteiger partial charge in [-0.1, -0.05) is 82.5 Å². The first kappa shape index (κ1) is 18.5. The molecule has 0 amide bonds. The van der Waals surface area contributed by atoms with E-state index in [-0.39, 0.29) is 29.7 Å². The van der Waals surface area contributed by atoms with Gasteiger partial charge in [-0.25, -0.2) is 0 Å². The van der Waals surface area contributed by atoms with Crippen LogP contribution in [0.4, 0.5) is 0 Å². The van der Waals surface area contributed by atoms with E-state index in [1.54, 1.807) is 0 Å². The van der Waals surface area contributed by atoms with Crippen LogP contribution in [-0.4, -0.2) is 21.3 Å². The quantitative estimate of drug-likeness (QED) is 0.637. The summed E-state index contributed by atoms with van der Waals surface area (Å²) in [6.07, 6.45) is 5.80. The summed E-state index contributed by atoms with van der Waals surface area (Å²) in [5.74, 6) is 0.568. The van der Waals surface area contributed by atoms with Gasteiger partial charge in [-0.05, 0) is 36.1 Å². The van der Waals surface area contributed by atoms with Crippen molar-refractivity contribution in [2.45, 2.75) is 71.3 Å². The van der Waals surface area contributed by atoms with E-state index in [0.717, 1.165) is 6.32 Å². The fourth-order valence-electron chi connectivity index (χ4n) is 5.99. The number of hydrogen-bond donors (Lipinski definition) is 0. The van der Waals surface area contributed by atoms with Gasteiger partial charge in [0.25, 0.3) is 0 Å². The Labute approximate surface area is 160 Å². The molecule has 0 unspecified atom stereocenters. The van der Waals surface area contributed by atoms with Gasteiger partial charge in [0.05, 0.1) is 14.2 Å². The Balaban J connectivity index is 1.71. The number of allylic oxidation sites excluding steroid dienone is 1. The molecule has 4 atom stereocenters. The highest BCUT2D eigenvalue weighted by molar-refractivity contribution is 6.81. The first-order valence-corrected chi connectivity index (χ1v) is 13.8. The molecule has 1 heterocycles. The van der Waals surface area contributed by atoms with Crippen LogP contribution in [0.5, 0.6) is 0 Å². The van der Waals surface area contributed by atoms with Crippen LogP contribution in [0.15, 0.2) is 42.1 Å². The fraction of sp³-hybridized carbons (Fsp3) is 0.636. The molecule has 0 N–H and O–H groups in total. The Hall–Kier alpha value is -0.838. The zero-order valence-electron chi connectivity index (χ0n) is 17.2. The molecule has 0 aromatic heterocycles. The van der Waals surface area contributed by atoms with E-state index in [4.69, 9.17) is 9.31 Å². The van der Waals surface area contributed by atoms with Gasteiger partial charge in [-0.15, -0.1) is 0 Å². The van der Waals surface area contributed by atoms with Crippen LogP contribution in [0.3, 0.4) is 0 Å². The summed E-state index contributed by atoms with van der Waals surface area (Å²) >= 11 is 0. The fourth-order valence-corrected chi connectivity index (χ4v) is 6.83. The third-order valence-electron chi connectivity index (χ3n) is 7.66. The second-order valence-electron chi connectivity index (χ2n) is 10.4. The monoisotopic (exact) mass is 368 g/mol. The average Bonchev–Trinajstić information content (AvgIpc) is 3.09. The molecule has 1 aromatic rings. The van der Waals surface area contributed by atoms with Crippen molar-refractivity contribution in [3.63, 3.8) is 0 Å². The number of benzene rings is 1. The smallest absolute Gasteiger partial charge is 0.404 e. The second-order valence-corrected chi connectivity index (χ2v) is 15.5. The molecule has 2 saturated carbocycles. The van der Waals surface area contributed by atoms with Crippen molar-refractivity contribution < 1.29 is 9.31 Å². The summed E-state index contributed by atoms with van der Waals surface area (Å²) in [4.78, 5) is 0. The van der Waals surface area contributed by atoms with Crippen molar-refractivity contribution in [1.82, 2.24) is 0 Å². The van der Waals surface area contributed by atoms with Crippen LogP contribution in [0.2, 0.25) is 26.0 Å². The highest BCUT2D eigenvalue weighted by Crippen LogP contribution is 2.76. The van der Waals surface area contributed by atoms with Crippen molar-refractivity contribution in [2.24, 2.45) is 16.7 Å². The topological polar surface area (TPSA) is 18.5 Å². The molecule has 1 aliphatic heterocycles. The van der Waals surface area contributed by atoms with Crippen LogP contribution in [0.1, 0.15) is 39.2 Å². The molecule has 0 spiro atoms. The standard InChI is InChI=1S/C22H33BO2Si/c1-20(2)18-13-14-21(20,3)22(17-11-8-7-9-12-17)19(18)24-23(25-22)15-10-16-26(4,5)6/h7-12,16,18-19H,13-15H2,1-6H3/b16-10-/t18-,19-,21-,22-/m1/s1. The molecule has 2 nitrogen and oxygen atoms in total. The molecule has 0 radical (unpaired) electrons. The van der Waals surface area contributed by atoms with E-state index in [9.17, 15) is 0 Å². The van der Waals surface area contributed by atoms with Crippen LogP contribution in [-0.2, 0) is 14.9 Å². The third-order valence-corrected chi connectivity index (χ3v) is 8.89. The van der Waals surface area contributed by atoms with E-state index < -0.39 is 8.07 Å². The van der Waals surface area contributed by atoms with Gasteiger partial charge in [0.1, 0.15) is 5.60 Å². The molecule has 3 fully saturated rings. The van der Waals surface area contributed by atoms with Gasteiger partial charge in [0.2, 0.25) is 0 Å².